The van der Waals surface area contributed by atoms with Crippen LogP contribution in [0.4, 0.5) is 0 Å². The molecule has 0 bridgehead atoms. The van der Waals surface area contributed by atoms with Gasteiger partial charge in [0, 0.05) is 0 Å². The van der Waals surface area contributed by atoms with Crippen LogP contribution in [0.5, 0.6) is 0 Å². The van der Waals surface area contributed by atoms with Gasteiger partial charge in [0.25, 0.3) is 0 Å². The SMILES string of the molecule is CC[C](C)C(C)C(CC)C(C)C. The smallest absolute Gasteiger partial charge is 0.0244 e. The van der Waals surface area contributed by atoms with Crippen LogP contribution in [0.1, 0.15) is 54.4 Å². The van der Waals surface area contributed by atoms with Crippen molar-refractivity contribution in [3.05, 3.63) is 5.92 Å². The Morgan fingerprint density at radius 1 is 1.08 bits per heavy atom. The molecule has 0 heteroatoms. The van der Waals surface area contributed by atoms with E-state index in [0.29, 0.717) is 0 Å². The molecule has 0 fully saturated rings. The van der Waals surface area contributed by atoms with Crippen molar-refractivity contribution in [3.63, 3.8) is 0 Å². The molecule has 0 rings (SSSR count). The number of hydrogen-bond donors (Lipinski definition) is 0. The normalized spacial score (nSPS) is 17.0. The molecule has 2 unspecified atom stereocenters. The zero-order valence-corrected chi connectivity index (χ0v) is 9.65. The van der Waals surface area contributed by atoms with E-state index in [0.717, 1.165) is 17.8 Å². The van der Waals surface area contributed by atoms with Gasteiger partial charge in [-0.15, -0.1) is 0 Å². The Balaban J connectivity index is 4.10. The summed E-state index contributed by atoms with van der Waals surface area (Å²) in [5.41, 5.74) is 0. The fraction of sp³-hybridized carbons (Fsp3) is 0.917. The third kappa shape index (κ3) is 3.16. The molecule has 0 saturated carbocycles. The first-order valence-corrected chi connectivity index (χ1v) is 5.36. The molecule has 0 N–H and O–H groups in total. The van der Waals surface area contributed by atoms with Crippen LogP contribution in [0.25, 0.3) is 0 Å². The van der Waals surface area contributed by atoms with Gasteiger partial charge in [-0.05, 0) is 30.1 Å². The lowest BCUT2D eigenvalue weighted by atomic mass is 9.75. The highest BCUT2D eigenvalue weighted by molar-refractivity contribution is 4.92. The molecule has 0 saturated heterocycles. The Morgan fingerprint density at radius 2 is 1.58 bits per heavy atom. The molecule has 0 aliphatic rings. The van der Waals surface area contributed by atoms with Crippen molar-refractivity contribution in [2.24, 2.45) is 17.8 Å². The van der Waals surface area contributed by atoms with E-state index in [1.54, 1.807) is 5.92 Å². The Bertz CT molecular complexity index is 105. The Labute approximate surface area is 78.8 Å². The van der Waals surface area contributed by atoms with Crippen LogP contribution in [0.15, 0.2) is 0 Å². The van der Waals surface area contributed by atoms with Crippen molar-refractivity contribution >= 4 is 0 Å². The zero-order valence-electron chi connectivity index (χ0n) is 9.65. The fourth-order valence-electron chi connectivity index (χ4n) is 2.09. The van der Waals surface area contributed by atoms with Crippen LogP contribution >= 0.6 is 0 Å². The van der Waals surface area contributed by atoms with Crippen molar-refractivity contribution in [3.8, 4) is 0 Å². The first kappa shape index (κ1) is 12.0. The number of rotatable bonds is 5. The maximum atomic E-state index is 2.38. The predicted octanol–water partition coefficient (Wildman–Crippen LogP) is 4.31. The van der Waals surface area contributed by atoms with Gasteiger partial charge in [-0.2, -0.15) is 0 Å². The molecule has 0 aliphatic heterocycles. The summed E-state index contributed by atoms with van der Waals surface area (Å²) < 4.78 is 0. The second kappa shape index (κ2) is 5.61. The summed E-state index contributed by atoms with van der Waals surface area (Å²) in [6, 6.07) is 0. The molecule has 0 aromatic heterocycles. The molecule has 0 aromatic carbocycles. The fourth-order valence-corrected chi connectivity index (χ4v) is 2.09. The molecule has 0 heterocycles. The molecular weight excluding hydrogens is 144 g/mol. The van der Waals surface area contributed by atoms with Gasteiger partial charge in [0.1, 0.15) is 0 Å². The van der Waals surface area contributed by atoms with Crippen LogP contribution in [0.3, 0.4) is 0 Å². The molecule has 0 spiro atoms. The molecule has 0 aromatic rings. The van der Waals surface area contributed by atoms with E-state index in [4.69, 9.17) is 0 Å². The maximum Gasteiger partial charge on any atom is -0.0244 e. The molecule has 0 amide bonds. The van der Waals surface area contributed by atoms with Gasteiger partial charge in [-0.1, -0.05) is 48.0 Å². The minimum atomic E-state index is 0.806. The van der Waals surface area contributed by atoms with E-state index in [9.17, 15) is 0 Å². The Hall–Kier alpha value is 0. The maximum absolute atomic E-state index is 2.38. The summed E-state index contributed by atoms with van der Waals surface area (Å²) in [7, 11) is 0. The van der Waals surface area contributed by atoms with Gasteiger partial charge < -0.3 is 0 Å². The van der Waals surface area contributed by atoms with E-state index >= 15 is 0 Å². The van der Waals surface area contributed by atoms with Crippen LogP contribution in [0.2, 0.25) is 0 Å². The third-order valence-electron chi connectivity index (χ3n) is 3.30. The third-order valence-corrected chi connectivity index (χ3v) is 3.30. The topological polar surface area (TPSA) is 0 Å². The summed E-state index contributed by atoms with van der Waals surface area (Å²) in [6.45, 7) is 13.9. The lowest BCUT2D eigenvalue weighted by Crippen LogP contribution is -2.21. The molecular formula is C12H25. The molecule has 0 nitrogen and oxygen atoms in total. The van der Waals surface area contributed by atoms with E-state index in [-0.39, 0.29) is 0 Å². The van der Waals surface area contributed by atoms with Crippen molar-refractivity contribution in [1.29, 1.82) is 0 Å². The summed E-state index contributed by atoms with van der Waals surface area (Å²) in [5, 5.41) is 0. The van der Waals surface area contributed by atoms with E-state index < -0.39 is 0 Å². The average Bonchev–Trinajstić information content (AvgIpc) is 2.03. The van der Waals surface area contributed by atoms with E-state index in [1.807, 2.05) is 0 Å². The van der Waals surface area contributed by atoms with E-state index in [1.165, 1.54) is 12.8 Å². The zero-order chi connectivity index (χ0) is 9.72. The summed E-state index contributed by atoms with van der Waals surface area (Å²) in [6.07, 6.45) is 2.56. The minimum Gasteiger partial charge on any atom is -0.0651 e. The van der Waals surface area contributed by atoms with Crippen molar-refractivity contribution in [1.82, 2.24) is 0 Å². The monoisotopic (exact) mass is 169 g/mol. The van der Waals surface area contributed by atoms with E-state index in [2.05, 4.69) is 41.5 Å². The van der Waals surface area contributed by atoms with Crippen molar-refractivity contribution in [2.75, 3.05) is 0 Å². The standard InChI is InChI=1S/C12H25/c1-7-10(5)11(6)12(8-2)9(3)4/h9,11-12H,7-8H2,1-6H3. The van der Waals surface area contributed by atoms with Crippen LogP contribution < -0.4 is 0 Å². The van der Waals surface area contributed by atoms with Crippen LogP contribution in [-0.2, 0) is 0 Å². The van der Waals surface area contributed by atoms with Gasteiger partial charge >= 0.3 is 0 Å². The molecule has 73 valence electrons. The van der Waals surface area contributed by atoms with Gasteiger partial charge in [0.15, 0.2) is 0 Å². The lowest BCUT2D eigenvalue weighted by Gasteiger charge is -2.30. The quantitative estimate of drug-likeness (QED) is 0.575. The highest BCUT2D eigenvalue weighted by Gasteiger charge is 2.22. The second-order valence-corrected chi connectivity index (χ2v) is 4.30. The largest absolute Gasteiger partial charge is 0.0651 e. The summed E-state index contributed by atoms with van der Waals surface area (Å²) in [5.74, 6) is 4.17. The van der Waals surface area contributed by atoms with Gasteiger partial charge in [-0.25, -0.2) is 0 Å². The highest BCUT2D eigenvalue weighted by atomic mass is 14.3. The Morgan fingerprint density at radius 3 is 1.83 bits per heavy atom. The lowest BCUT2D eigenvalue weighted by molar-refractivity contribution is 0.267. The summed E-state index contributed by atoms with van der Waals surface area (Å²) >= 11 is 0. The second-order valence-electron chi connectivity index (χ2n) is 4.30. The Kier molecular flexibility index (Phi) is 5.61. The van der Waals surface area contributed by atoms with Gasteiger partial charge in [-0.3, -0.25) is 0 Å². The predicted molar refractivity (Wildman–Crippen MR) is 57.0 cm³/mol. The first-order valence-electron chi connectivity index (χ1n) is 5.36. The average molecular weight is 169 g/mol. The molecule has 0 aliphatic carbocycles. The van der Waals surface area contributed by atoms with Gasteiger partial charge in [0.2, 0.25) is 0 Å². The summed E-state index contributed by atoms with van der Waals surface area (Å²) in [4.78, 5) is 0. The first-order chi connectivity index (χ1) is 5.54. The van der Waals surface area contributed by atoms with Crippen LogP contribution in [0, 0.1) is 23.7 Å². The number of hydrogen-bond acceptors (Lipinski definition) is 0. The van der Waals surface area contributed by atoms with Crippen LogP contribution in [-0.4, -0.2) is 0 Å². The van der Waals surface area contributed by atoms with Gasteiger partial charge in [0.05, 0.1) is 0 Å². The minimum absolute atomic E-state index is 0.806. The molecule has 1 radical (unpaired) electrons. The highest BCUT2D eigenvalue weighted by Crippen LogP contribution is 2.32. The molecule has 2 atom stereocenters. The molecule has 12 heavy (non-hydrogen) atoms. The van der Waals surface area contributed by atoms with Crippen molar-refractivity contribution < 1.29 is 0 Å². The van der Waals surface area contributed by atoms with Crippen molar-refractivity contribution in [2.45, 2.75) is 54.4 Å².